The van der Waals surface area contributed by atoms with Crippen molar-refractivity contribution in [3.63, 3.8) is 0 Å². The Morgan fingerprint density at radius 1 is 1.05 bits per heavy atom. The molecule has 2 aromatic carbocycles. The zero-order valence-corrected chi connectivity index (χ0v) is 12.8. The molecule has 0 spiro atoms. The van der Waals surface area contributed by atoms with Crippen molar-refractivity contribution in [3.05, 3.63) is 75.8 Å². The lowest BCUT2D eigenvalue weighted by atomic mass is 9.84. The third-order valence-corrected chi connectivity index (χ3v) is 4.45. The van der Waals surface area contributed by atoms with Crippen LogP contribution < -0.4 is 11.1 Å². The number of aliphatic imine (C=N–C) groups is 1. The quantitative estimate of drug-likeness (QED) is 0.849. The first-order chi connectivity index (χ1) is 10.7. The summed E-state index contributed by atoms with van der Waals surface area (Å²) in [6.07, 6.45) is 1.57. The van der Waals surface area contributed by atoms with Gasteiger partial charge in [-0.3, -0.25) is 5.73 Å². The molecule has 2 aromatic rings. The van der Waals surface area contributed by atoms with E-state index in [1.165, 1.54) is 16.7 Å². The van der Waals surface area contributed by atoms with Crippen LogP contribution in [-0.4, -0.2) is 12.0 Å². The van der Waals surface area contributed by atoms with Crippen molar-refractivity contribution in [3.8, 4) is 0 Å². The Bertz CT molecular complexity index is 790. The standard InChI is InChI=1S/C18H16ClN3/c19-13-8-5-12(6-9-13)16-15-10-7-11-3-1-2-4-14(11)17(15)22-18(20)21-16/h1-6,8-9,18,22H,7,10,20H2. The second kappa shape index (κ2) is 5.27. The van der Waals surface area contributed by atoms with Gasteiger partial charge in [0.25, 0.3) is 0 Å². The van der Waals surface area contributed by atoms with E-state index in [1.54, 1.807) is 0 Å². The average molecular weight is 310 g/mol. The summed E-state index contributed by atoms with van der Waals surface area (Å²) in [6.45, 7) is 0. The molecular formula is C18H16ClN3. The van der Waals surface area contributed by atoms with Crippen molar-refractivity contribution in [1.29, 1.82) is 0 Å². The van der Waals surface area contributed by atoms with Gasteiger partial charge in [-0.25, -0.2) is 4.99 Å². The monoisotopic (exact) mass is 309 g/mol. The first kappa shape index (κ1) is 13.6. The van der Waals surface area contributed by atoms with Crippen molar-refractivity contribution in [2.24, 2.45) is 10.7 Å². The molecule has 1 heterocycles. The molecule has 0 saturated heterocycles. The first-order valence-corrected chi connectivity index (χ1v) is 7.78. The molecule has 3 N–H and O–H groups in total. The van der Waals surface area contributed by atoms with Gasteiger partial charge in [-0.15, -0.1) is 0 Å². The Morgan fingerprint density at radius 2 is 1.82 bits per heavy atom. The van der Waals surface area contributed by atoms with Crippen molar-refractivity contribution in [1.82, 2.24) is 5.32 Å². The molecule has 3 nitrogen and oxygen atoms in total. The number of hydrogen-bond donors (Lipinski definition) is 2. The van der Waals surface area contributed by atoms with Gasteiger partial charge in [-0.1, -0.05) is 48.0 Å². The van der Waals surface area contributed by atoms with E-state index in [0.717, 1.165) is 34.8 Å². The van der Waals surface area contributed by atoms with Gasteiger partial charge in [-0.05, 0) is 30.5 Å². The van der Waals surface area contributed by atoms with E-state index in [0.29, 0.717) is 0 Å². The molecule has 1 aliphatic carbocycles. The van der Waals surface area contributed by atoms with Crippen LogP contribution in [0.15, 0.2) is 59.1 Å². The summed E-state index contributed by atoms with van der Waals surface area (Å²) < 4.78 is 0. The molecule has 110 valence electrons. The molecule has 0 saturated carbocycles. The molecule has 0 fully saturated rings. The molecule has 0 radical (unpaired) electrons. The normalized spacial score (nSPS) is 19.9. The molecule has 0 aromatic heterocycles. The van der Waals surface area contributed by atoms with E-state index in [4.69, 9.17) is 17.3 Å². The van der Waals surface area contributed by atoms with Gasteiger partial charge in [0.1, 0.15) is 0 Å². The van der Waals surface area contributed by atoms with E-state index in [1.807, 2.05) is 24.3 Å². The van der Waals surface area contributed by atoms with E-state index in [-0.39, 0.29) is 0 Å². The highest BCUT2D eigenvalue weighted by Crippen LogP contribution is 2.34. The predicted molar refractivity (Wildman–Crippen MR) is 90.8 cm³/mol. The highest BCUT2D eigenvalue weighted by atomic mass is 35.5. The number of allylic oxidation sites excluding steroid dienone is 1. The summed E-state index contributed by atoms with van der Waals surface area (Å²) in [4.78, 5) is 4.62. The summed E-state index contributed by atoms with van der Waals surface area (Å²) in [6, 6.07) is 16.3. The number of aryl methyl sites for hydroxylation is 1. The van der Waals surface area contributed by atoms with Gasteiger partial charge in [0, 0.05) is 27.4 Å². The fourth-order valence-corrected chi connectivity index (χ4v) is 3.31. The molecule has 2 aliphatic rings. The summed E-state index contributed by atoms with van der Waals surface area (Å²) in [7, 11) is 0. The van der Waals surface area contributed by atoms with Gasteiger partial charge in [-0.2, -0.15) is 0 Å². The highest BCUT2D eigenvalue weighted by molar-refractivity contribution is 6.30. The van der Waals surface area contributed by atoms with Crippen molar-refractivity contribution in [2.45, 2.75) is 19.1 Å². The van der Waals surface area contributed by atoms with Gasteiger partial charge < -0.3 is 5.32 Å². The fourth-order valence-electron chi connectivity index (χ4n) is 3.18. The second-order valence-electron chi connectivity index (χ2n) is 5.58. The van der Waals surface area contributed by atoms with Crippen LogP contribution in [-0.2, 0) is 6.42 Å². The van der Waals surface area contributed by atoms with Crippen LogP contribution in [0.2, 0.25) is 5.02 Å². The highest BCUT2D eigenvalue weighted by Gasteiger charge is 2.27. The smallest absolute Gasteiger partial charge is 0.171 e. The van der Waals surface area contributed by atoms with Gasteiger partial charge >= 0.3 is 0 Å². The number of halogens is 1. The number of nitrogens with one attached hydrogen (secondary N) is 1. The van der Waals surface area contributed by atoms with Crippen LogP contribution >= 0.6 is 11.6 Å². The summed E-state index contributed by atoms with van der Waals surface area (Å²) in [5, 5.41) is 4.06. The van der Waals surface area contributed by atoms with E-state index >= 15 is 0 Å². The number of nitrogens with zero attached hydrogens (tertiary/aromatic N) is 1. The largest absolute Gasteiger partial charge is 0.351 e. The van der Waals surface area contributed by atoms with Crippen LogP contribution in [0.1, 0.15) is 23.1 Å². The number of hydrogen-bond acceptors (Lipinski definition) is 3. The number of fused-ring (bicyclic) bond motifs is 2. The maximum absolute atomic E-state index is 6.10. The Kier molecular flexibility index (Phi) is 3.25. The lowest BCUT2D eigenvalue weighted by Crippen LogP contribution is -2.41. The summed E-state index contributed by atoms with van der Waals surface area (Å²) in [5.74, 6) is 0. The summed E-state index contributed by atoms with van der Waals surface area (Å²) in [5.41, 5.74) is 13.1. The lowest BCUT2D eigenvalue weighted by Gasteiger charge is -2.31. The van der Waals surface area contributed by atoms with E-state index in [9.17, 15) is 0 Å². The van der Waals surface area contributed by atoms with Gasteiger partial charge in [0.2, 0.25) is 0 Å². The van der Waals surface area contributed by atoms with Crippen LogP contribution in [0, 0.1) is 0 Å². The number of benzene rings is 2. The van der Waals surface area contributed by atoms with Crippen molar-refractivity contribution in [2.75, 3.05) is 0 Å². The molecular weight excluding hydrogens is 294 g/mol. The van der Waals surface area contributed by atoms with Gasteiger partial charge in [0.15, 0.2) is 6.29 Å². The maximum Gasteiger partial charge on any atom is 0.171 e. The van der Waals surface area contributed by atoms with Crippen molar-refractivity contribution >= 4 is 23.0 Å². The molecule has 4 heteroatoms. The Balaban J connectivity index is 1.86. The van der Waals surface area contributed by atoms with E-state index < -0.39 is 6.29 Å². The second-order valence-corrected chi connectivity index (χ2v) is 6.02. The van der Waals surface area contributed by atoms with Crippen LogP contribution in [0.3, 0.4) is 0 Å². The van der Waals surface area contributed by atoms with E-state index in [2.05, 4.69) is 34.6 Å². The number of nitrogens with two attached hydrogens (primary N) is 1. The predicted octanol–water partition coefficient (Wildman–Crippen LogP) is 3.33. The van der Waals surface area contributed by atoms with Crippen LogP contribution in [0.4, 0.5) is 0 Å². The Hall–Kier alpha value is -2.10. The lowest BCUT2D eigenvalue weighted by molar-refractivity contribution is 0.638. The molecule has 0 amide bonds. The Morgan fingerprint density at radius 3 is 2.64 bits per heavy atom. The molecule has 1 aliphatic heterocycles. The average Bonchev–Trinajstić information content (AvgIpc) is 2.55. The molecule has 1 unspecified atom stereocenters. The first-order valence-electron chi connectivity index (χ1n) is 7.40. The molecule has 0 bridgehead atoms. The third-order valence-electron chi connectivity index (χ3n) is 4.20. The Labute approximate surface area is 134 Å². The minimum atomic E-state index is -0.421. The minimum absolute atomic E-state index is 0.421. The zero-order chi connectivity index (χ0) is 15.1. The number of rotatable bonds is 1. The zero-order valence-electron chi connectivity index (χ0n) is 12.0. The van der Waals surface area contributed by atoms with Crippen molar-refractivity contribution < 1.29 is 0 Å². The van der Waals surface area contributed by atoms with Crippen LogP contribution in [0.5, 0.6) is 0 Å². The summed E-state index contributed by atoms with van der Waals surface area (Å²) >= 11 is 5.99. The third kappa shape index (κ3) is 2.23. The SMILES string of the molecule is NC1N=C(c2ccc(Cl)cc2)C2=C(N1)c1ccccc1CC2. The van der Waals surface area contributed by atoms with Gasteiger partial charge in [0.05, 0.1) is 5.71 Å². The molecule has 1 atom stereocenters. The minimum Gasteiger partial charge on any atom is -0.351 e. The molecule has 22 heavy (non-hydrogen) atoms. The maximum atomic E-state index is 6.10. The molecule has 4 rings (SSSR count). The fraction of sp³-hybridized carbons (Fsp3) is 0.167. The van der Waals surface area contributed by atoms with Crippen LogP contribution in [0.25, 0.3) is 5.70 Å². The topological polar surface area (TPSA) is 50.4 Å².